The minimum absolute atomic E-state index is 0.00515. The number of ether oxygens (including phenoxy) is 3. The minimum atomic E-state index is -0.866. The molecule has 0 aliphatic carbocycles. The quantitative estimate of drug-likeness (QED) is 0.114. The molecule has 0 aromatic heterocycles. The van der Waals surface area contributed by atoms with Gasteiger partial charge in [0.05, 0.1) is 25.9 Å². The molecule has 5 aromatic carbocycles. The van der Waals surface area contributed by atoms with Crippen molar-refractivity contribution < 1.29 is 28.9 Å². The van der Waals surface area contributed by atoms with Gasteiger partial charge in [0, 0.05) is 36.2 Å². The smallest absolute Gasteiger partial charge is 0.328 e. The topological polar surface area (TPSA) is 109 Å². The molecule has 2 amide bonds. The Balaban J connectivity index is 1.20. The molecule has 0 spiro atoms. The summed E-state index contributed by atoms with van der Waals surface area (Å²) in [6.45, 7) is 4.97. The van der Waals surface area contributed by atoms with Crippen molar-refractivity contribution in [3.63, 3.8) is 0 Å². The Bertz CT molecular complexity index is 1950. The molecule has 6 atom stereocenters. The van der Waals surface area contributed by atoms with Crippen LogP contribution in [0.5, 0.6) is 0 Å². The van der Waals surface area contributed by atoms with E-state index >= 15 is 0 Å². The Morgan fingerprint density at radius 2 is 1.56 bits per heavy atom. The molecular formula is C43H47N3O6. The lowest BCUT2D eigenvalue weighted by Crippen LogP contribution is -2.45. The van der Waals surface area contributed by atoms with Crippen LogP contribution in [0.1, 0.15) is 60.1 Å². The second kappa shape index (κ2) is 17.0. The van der Waals surface area contributed by atoms with Crippen molar-refractivity contribution in [3.05, 3.63) is 149 Å². The van der Waals surface area contributed by atoms with Gasteiger partial charge in [-0.2, -0.15) is 0 Å². The number of anilines is 1. The molecule has 1 saturated heterocycles. The van der Waals surface area contributed by atoms with Crippen LogP contribution >= 0.6 is 0 Å². The molecule has 6 rings (SSSR count). The van der Waals surface area contributed by atoms with E-state index in [4.69, 9.17) is 14.2 Å². The highest BCUT2D eigenvalue weighted by Gasteiger charge is 2.39. The lowest BCUT2D eigenvalue weighted by atomic mass is 9.89. The maximum atomic E-state index is 13.2. The number of likely N-dealkylation sites (N-methyl/N-ethyl adjacent to an activating group) is 1. The Morgan fingerprint density at radius 1 is 0.827 bits per heavy atom. The molecule has 5 aromatic rings. The fraction of sp³-hybridized carbons (Fsp3) is 0.302. The Morgan fingerprint density at radius 3 is 2.29 bits per heavy atom. The number of aliphatic hydroxyl groups excluding tert-OH is 1. The number of hydrogen-bond acceptors (Lipinski definition) is 7. The van der Waals surface area contributed by atoms with E-state index in [1.54, 1.807) is 6.07 Å². The van der Waals surface area contributed by atoms with Gasteiger partial charge in [-0.15, -0.1) is 0 Å². The number of urea groups is 1. The largest absolute Gasteiger partial charge is 0.467 e. The fourth-order valence-electron chi connectivity index (χ4n) is 6.77. The maximum absolute atomic E-state index is 13.2. The number of esters is 1. The van der Waals surface area contributed by atoms with E-state index < -0.39 is 24.3 Å². The van der Waals surface area contributed by atoms with Crippen LogP contribution < -0.4 is 10.6 Å². The van der Waals surface area contributed by atoms with E-state index in [1.165, 1.54) is 23.4 Å². The number of carbonyl (C=O) groups excluding carboxylic acids is 2. The SMILES string of the molecule is COC(=O)[C@H](Cc1ccccc1)NC(=O)Nc1cccc([C@H]2O[C@@H](CN(C)[C@H](C)c3ccc4ccccc4c3)[C@@H](C)[C@@H](c3ccc(CO)cc3)O2)c1. The van der Waals surface area contributed by atoms with Crippen molar-refractivity contribution in [2.75, 3.05) is 26.0 Å². The zero-order valence-electron chi connectivity index (χ0n) is 30.1. The Kier molecular flexibility index (Phi) is 12.0. The van der Waals surface area contributed by atoms with E-state index in [1.807, 2.05) is 72.8 Å². The average molecular weight is 702 g/mol. The van der Waals surface area contributed by atoms with Crippen LogP contribution in [0.2, 0.25) is 0 Å². The number of methoxy groups -OCH3 is 1. The van der Waals surface area contributed by atoms with Crippen LogP contribution in [-0.2, 0) is 32.0 Å². The molecule has 0 radical (unpaired) electrons. The number of rotatable bonds is 12. The molecule has 1 heterocycles. The van der Waals surface area contributed by atoms with Gasteiger partial charge in [0.15, 0.2) is 6.29 Å². The summed E-state index contributed by atoms with van der Waals surface area (Å²) in [7, 11) is 3.42. The van der Waals surface area contributed by atoms with Gasteiger partial charge in [-0.05, 0) is 65.2 Å². The molecule has 1 aliphatic rings. The monoisotopic (exact) mass is 701 g/mol. The van der Waals surface area contributed by atoms with E-state index in [-0.39, 0.29) is 30.8 Å². The molecule has 3 N–H and O–H groups in total. The number of aliphatic hydroxyl groups is 1. The Labute approximate surface area is 305 Å². The van der Waals surface area contributed by atoms with Crippen LogP contribution in [0, 0.1) is 5.92 Å². The van der Waals surface area contributed by atoms with Gasteiger partial charge in [0.25, 0.3) is 0 Å². The van der Waals surface area contributed by atoms with Gasteiger partial charge >= 0.3 is 12.0 Å². The van der Waals surface area contributed by atoms with Crippen molar-refractivity contribution in [3.8, 4) is 0 Å². The molecule has 270 valence electrons. The minimum Gasteiger partial charge on any atom is -0.467 e. The number of nitrogens with one attached hydrogen (secondary N) is 2. The zero-order chi connectivity index (χ0) is 36.6. The van der Waals surface area contributed by atoms with Crippen LogP contribution in [0.4, 0.5) is 10.5 Å². The van der Waals surface area contributed by atoms with Gasteiger partial charge < -0.3 is 30.0 Å². The van der Waals surface area contributed by atoms with E-state index in [2.05, 4.69) is 78.9 Å². The summed E-state index contributed by atoms with van der Waals surface area (Å²) in [5, 5.41) is 17.7. The molecule has 0 unspecified atom stereocenters. The third kappa shape index (κ3) is 8.86. The first-order valence-corrected chi connectivity index (χ1v) is 17.7. The third-order valence-corrected chi connectivity index (χ3v) is 10.00. The molecule has 52 heavy (non-hydrogen) atoms. The van der Waals surface area contributed by atoms with Crippen molar-refractivity contribution in [2.45, 2.75) is 57.5 Å². The number of nitrogens with zero attached hydrogens (tertiary/aromatic N) is 1. The predicted molar refractivity (Wildman–Crippen MR) is 203 cm³/mol. The van der Waals surface area contributed by atoms with Crippen molar-refractivity contribution in [1.29, 1.82) is 0 Å². The summed E-state index contributed by atoms with van der Waals surface area (Å²) < 4.78 is 18.4. The average Bonchev–Trinajstić information content (AvgIpc) is 3.18. The van der Waals surface area contributed by atoms with Crippen molar-refractivity contribution in [1.82, 2.24) is 10.2 Å². The lowest BCUT2D eigenvalue weighted by Gasteiger charge is -2.43. The molecule has 0 bridgehead atoms. The fourth-order valence-corrected chi connectivity index (χ4v) is 6.77. The highest BCUT2D eigenvalue weighted by atomic mass is 16.7. The van der Waals surface area contributed by atoms with Crippen molar-refractivity contribution >= 4 is 28.5 Å². The van der Waals surface area contributed by atoms with Gasteiger partial charge in [-0.3, -0.25) is 4.90 Å². The second-order valence-corrected chi connectivity index (χ2v) is 13.5. The normalized spacial score (nSPS) is 19.9. The summed E-state index contributed by atoms with van der Waals surface area (Å²) in [4.78, 5) is 28.0. The molecule has 1 aliphatic heterocycles. The first-order chi connectivity index (χ1) is 25.2. The summed E-state index contributed by atoms with van der Waals surface area (Å²) in [6, 6.07) is 38.4. The van der Waals surface area contributed by atoms with E-state index in [0.717, 1.165) is 22.3 Å². The van der Waals surface area contributed by atoms with Gasteiger partial charge in [-0.25, -0.2) is 9.59 Å². The number of amides is 2. The summed E-state index contributed by atoms with van der Waals surface area (Å²) in [5.41, 5.74) is 5.21. The van der Waals surface area contributed by atoms with Crippen LogP contribution in [0.3, 0.4) is 0 Å². The number of hydrogen-bond donors (Lipinski definition) is 3. The first kappa shape index (κ1) is 36.7. The summed E-state index contributed by atoms with van der Waals surface area (Å²) >= 11 is 0. The number of carbonyl (C=O) groups is 2. The standard InChI is InChI=1S/C43H47N3O6/c1-28-39(26-46(3)29(2)34-22-21-32-13-8-9-14-35(32)24-34)51-42(52-40(28)33-19-17-31(27-47)18-20-33)36-15-10-16-37(25-36)44-43(49)45-38(41(48)50-4)23-30-11-6-5-7-12-30/h5-22,24-25,28-29,38-40,42,47H,23,26-27H2,1-4H3,(H2,44,45,49)/t28-,29-,38+,39+,40+,42+/m1/s1. The van der Waals surface area contributed by atoms with Crippen LogP contribution in [-0.4, -0.2) is 54.9 Å². The van der Waals surface area contributed by atoms with Crippen molar-refractivity contribution in [2.24, 2.45) is 5.92 Å². The zero-order valence-corrected chi connectivity index (χ0v) is 30.1. The van der Waals surface area contributed by atoms with Gasteiger partial charge in [0.2, 0.25) is 0 Å². The van der Waals surface area contributed by atoms with E-state index in [0.29, 0.717) is 18.7 Å². The highest BCUT2D eigenvalue weighted by molar-refractivity contribution is 5.92. The maximum Gasteiger partial charge on any atom is 0.328 e. The second-order valence-electron chi connectivity index (χ2n) is 13.5. The number of fused-ring (bicyclic) bond motifs is 1. The van der Waals surface area contributed by atoms with E-state index in [9.17, 15) is 14.7 Å². The summed E-state index contributed by atoms with van der Waals surface area (Å²) in [6.07, 6.45) is -0.926. The first-order valence-electron chi connectivity index (χ1n) is 17.7. The van der Waals surface area contributed by atoms with Crippen LogP contribution in [0.15, 0.2) is 121 Å². The number of benzene rings is 5. The molecular weight excluding hydrogens is 654 g/mol. The van der Waals surface area contributed by atoms with Gasteiger partial charge in [0.1, 0.15) is 6.04 Å². The third-order valence-electron chi connectivity index (χ3n) is 10.00. The molecule has 9 heteroatoms. The molecule has 1 fully saturated rings. The Hall–Kier alpha value is -5.06. The highest BCUT2D eigenvalue weighted by Crippen LogP contribution is 2.42. The molecule has 0 saturated carbocycles. The lowest BCUT2D eigenvalue weighted by molar-refractivity contribution is -0.276. The summed E-state index contributed by atoms with van der Waals surface area (Å²) in [5.74, 6) is -0.538. The predicted octanol–water partition coefficient (Wildman–Crippen LogP) is 7.72. The molecule has 9 nitrogen and oxygen atoms in total. The van der Waals surface area contributed by atoms with Crippen LogP contribution in [0.25, 0.3) is 10.8 Å². The van der Waals surface area contributed by atoms with Gasteiger partial charge in [-0.1, -0.05) is 110 Å².